The highest BCUT2D eigenvalue weighted by Gasteiger charge is 2.10. The van der Waals surface area contributed by atoms with Crippen LogP contribution in [0.25, 0.3) is 0 Å². The Kier molecular flexibility index (Phi) is 10.6. The normalized spacial score (nSPS) is 18.3. The lowest BCUT2D eigenvalue weighted by Crippen LogP contribution is -2.27. The van der Waals surface area contributed by atoms with Gasteiger partial charge in [-0.3, -0.25) is 0 Å². The summed E-state index contributed by atoms with van der Waals surface area (Å²) in [4.78, 5) is 0. The highest BCUT2D eigenvalue weighted by Crippen LogP contribution is 2.00. The molecule has 0 saturated carbocycles. The zero-order chi connectivity index (χ0) is 14.0. The van der Waals surface area contributed by atoms with Crippen LogP contribution in [0, 0.1) is 0 Å². The van der Waals surface area contributed by atoms with E-state index in [1.807, 2.05) is 20.8 Å². The third kappa shape index (κ3) is 10.9. The second kappa shape index (κ2) is 10.7. The largest absolute Gasteiger partial charge is 0.391 e. The van der Waals surface area contributed by atoms with E-state index in [2.05, 4.69) is 0 Å². The maximum absolute atomic E-state index is 9.08. The van der Waals surface area contributed by atoms with Crippen molar-refractivity contribution in [2.45, 2.75) is 52.1 Å². The first-order valence-corrected chi connectivity index (χ1v) is 6.47. The van der Waals surface area contributed by atoms with Crippen molar-refractivity contribution in [1.29, 1.82) is 0 Å². The van der Waals surface area contributed by atoms with Gasteiger partial charge in [0.25, 0.3) is 0 Å². The first kappa shape index (κ1) is 17.8. The molecule has 0 saturated heterocycles. The fourth-order valence-corrected chi connectivity index (χ4v) is 1.28. The van der Waals surface area contributed by atoms with Gasteiger partial charge in [-0.15, -0.1) is 0 Å². The minimum Gasteiger partial charge on any atom is -0.391 e. The Bertz CT molecular complexity index is 186. The van der Waals surface area contributed by atoms with Crippen LogP contribution >= 0.6 is 0 Å². The van der Waals surface area contributed by atoms with Crippen molar-refractivity contribution in [2.24, 2.45) is 0 Å². The average molecular weight is 264 g/mol. The molecule has 0 heterocycles. The van der Waals surface area contributed by atoms with Crippen LogP contribution in [0.1, 0.15) is 27.7 Å². The van der Waals surface area contributed by atoms with Crippen molar-refractivity contribution in [3.63, 3.8) is 0 Å². The molecule has 0 bridgehead atoms. The number of methoxy groups -OCH3 is 1. The Balaban J connectivity index is 3.54. The van der Waals surface area contributed by atoms with Crippen molar-refractivity contribution in [3.05, 3.63) is 0 Å². The molecule has 5 heteroatoms. The number of aliphatic hydroxyl groups is 1. The molecule has 0 spiro atoms. The van der Waals surface area contributed by atoms with Crippen LogP contribution in [0.5, 0.6) is 0 Å². The maximum Gasteiger partial charge on any atom is 0.0781 e. The predicted octanol–water partition coefficient (Wildman–Crippen LogP) is 1.23. The first-order chi connectivity index (χ1) is 8.45. The minimum absolute atomic E-state index is 0.0157. The van der Waals surface area contributed by atoms with Crippen molar-refractivity contribution in [2.75, 3.05) is 33.5 Å². The van der Waals surface area contributed by atoms with Gasteiger partial charge in [-0.25, -0.2) is 0 Å². The zero-order valence-corrected chi connectivity index (χ0v) is 12.2. The molecular formula is C13H28O5. The molecule has 0 aromatic heterocycles. The van der Waals surface area contributed by atoms with Crippen molar-refractivity contribution in [3.8, 4) is 0 Å². The number of rotatable bonds is 11. The maximum atomic E-state index is 9.08. The van der Waals surface area contributed by atoms with Crippen molar-refractivity contribution in [1.82, 2.24) is 0 Å². The second-order valence-electron chi connectivity index (χ2n) is 4.74. The van der Waals surface area contributed by atoms with E-state index in [1.165, 1.54) is 0 Å². The van der Waals surface area contributed by atoms with Crippen LogP contribution in [0.3, 0.4) is 0 Å². The van der Waals surface area contributed by atoms with Crippen LogP contribution < -0.4 is 0 Å². The van der Waals surface area contributed by atoms with E-state index < -0.39 is 6.10 Å². The molecule has 1 N–H and O–H groups in total. The van der Waals surface area contributed by atoms with E-state index in [4.69, 9.17) is 24.1 Å². The van der Waals surface area contributed by atoms with Gasteiger partial charge in [0, 0.05) is 7.11 Å². The Morgan fingerprint density at radius 2 is 1.11 bits per heavy atom. The summed E-state index contributed by atoms with van der Waals surface area (Å²) in [5, 5.41) is 9.08. The molecule has 0 unspecified atom stereocenters. The molecule has 0 aromatic rings. The van der Waals surface area contributed by atoms with Gasteiger partial charge in [-0.05, 0) is 27.7 Å². The van der Waals surface area contributed by atoms with E-state index in [1.54, 1.807) is 14.0 Å². The Hall–Kier alpha value is -0.200. The lowest BCUT2D eigenvalue weighted by molar-refractivity contribution is -0.0844. The summed E-state index contributed by atoms with van der Waals surface area (Å²) in [5.74, 6) is 0. The predicted molar refractivity (Wildman–Crippen MR) is 69.8 cm³/mol. The van der Waals surface area contributed by atoms with Gasteiger partial charge in [0.1, 0.15) is 0 Å². The van der Waals surface area contributed by atoms with Gasteiger partial charge >= 0.3 is 0 Å². The summed E-state index contributed by atoms with van der Waals surface area (Å²) in [6.07, 6.45) is -0.381. The highest BCUT2D eigenvalue weighted by molar-refractivity contribution is 4.55. The van der Waals surface area contributed by atoms with Crippen LogP contribution in [0.15, 0.2) is 0 Å². The average Bonchev–Trinajstić information content (AvgIpc) is 2.31. The van der Waals surface area contributed by atoms with E-state index in [9.17, 15) is 0 Å². The molecular weight excluding hydrogens is 236 g/mol. The quantitative estimate of drug-likeness (QED) is 0.608. The second-order valence-corrected chi connectivity index (χ2v) is 4.74. The molecule has 4 atom stereocenters. The summed E-state index contributed by atoms with van der Waals surface area (Å²) in [6, 6.07) is 0. The monoisotopic (exact) mass is 264 g/mol. The lowest BCUT2D eigenvalue weighted by Gasteiger charge is -2.20. The van der Waals surface area contributed by atoms with E-state index in [-0.39, 0.29) is 18.3 Å². The number of ether oxygens (including phenoxy) is 4. The van der Waals surface area contributed by atoms with E-state index in [0.717, 1.165) is 0 Å². The van der Waals surface area contributed by atoms with Crippen molar-refractivity contribution >= 4 is 0 Å². The third-order valence-electron chi connectivity index (χ3n) is 2.25. The van der Waals surface area contributed by atoms with Gasteiger partial charge in [0.05, 0.1) is 50.8 Å². The Labute approximate surface area is 110 Å². The number of hydrogen-bond donors (Lipinski definition) is 1. The summed E-state index contributed by atoms with van der Waals surface area (Å²) in [7, 11) is 1.65. The van der Waals surface area contributed by atoms with E-state index in [0.29, 0.717) is 26.4 Å². The molecule has 0 aliphatic rings. The number of aliphatic hydroxyl groups excluding tert-OH is 1. The molecule has 5 nitrogen and oxygen atoms in total. The molecule has 0 amide bonds. The third-order valence-corrected chi connectivity index (χ3v) is 2.25. The van der Waals surface area contributed by atoms with Crippen molar-refractivity contribution < 1.29 is 24.1 Å². The summed E-state index contributed by atoms with van der Waals surface area (Å²) < 4.78 is 21.5. The fraction of sp³-hybridized carbons (Fsp3) is 1.00. The van der Waals surface area contributed by atoms with Crippen LogP contribution in [-0.2, 0) is 18.9 Å². The van der Waals surface area contributed by atoms with Crippen LogP contribution in [0.4, 0.5) is 0 Å². The molecule has 18 heavy (non-hydrogen) atoms. The lowest BCUT2D eigenvalue weighted by atomic mass is 10.3. The number of hydrogen-bond acceptors (Lipinski definition) is 5. The molecule has 0 aromatic carbocycles. The van der Waals surface area contributed by atoms with Gasteiger partial charge in [-0.1, -0.05) is 0 Å². The zero-order valence-electron chi connectivity index (χ0n) is 12.2. The van der Waals surface area contributed by atoms with Gasteiger partial charge in [0.15, 0.2) is 0 Å². The molecule has 0 rings (SSSR count). The summed E-state index contributed by atoms with van der Waals surface area (Å²) in [5.41, 5.74) is 0. The highest BCUT2D eigenvalue weighted by atomic mass is 16.6. The molecule has 0 aliphatic heterocycles. The first-order valence-electron chi connectivity index (χ1n) is 6.47. The van der Waals surface area contributed by atoms with Gasteiger partial charge in [0.2, 0.25) is 0 Å². The Morgan fingerprint density at radius 3 is 1.50 bits per heavy atom. The SMILES string of the molecule is COC[C@H](C)OC[C@H](C)OC[C@@H](C)OC[C@@H](C)O. The van der Waals surface area contributed by atoms with Gasteiger partial charge < -0.3 is 24.1 Å². The smallest absolute Gasteiger partial charge is 0.0781 e. The minimum atomic E-state index is -0.442. The van der Waals surface area contributed by atoms with Crippen LogP contribution in [-0.4, -0.2) is 63.1 Å². The van der Waals surface area contributed by atoms with Gasteiger partial charge in [-0.2, -0.15) is 0 Å². The molecule has 110 valence electrons. The standard InChI is InChI=1S/C13H28O5/c1-10(14)6-16-12(3)8-18-13(4)9-17-11(2)7-15-5/h10-14H,6-9H2,1-5H3/t10-,11+,12-,13+/m1/s1. The molecule has 0 aliphatic carbocycles. The van der Waals surface area contributed by atoms with E-state index >= 15 is 0 Å². The topological polar surface area (TPSA) is 57.2 Å². The Morgan fingerprint density at radius 1 is 0.722 bits per heavy atom. The van der Waals surface area contributed by atoms with Crippen LogP contribution in [0.2, 0.25) is 0 Å². The molecule has 0 fully saturated rings. The fourth-order valence-electron chi connectivity index (χ4n) is 1.28. The molecule has 0 radical (unpaired) electrons. The summed E-state index contributed by atoms with van der Waals surface area (Å²) in [6.45, 7) is 9.49. The summed E-state index contributed by atoms with van der Waals surface area (Å²) >= 11 is 0.